The normalized spacial score (nSPS) is 13.1. The van der Waals surface area contributed by atoms with Crippen molar-refractivity contribution in [1.29, 1.82) is 0 Å². The fourth-order valence-corrected chi connectivity index (χ4v) is 2.47. The number of halogens is 2. The van der Waals surface area contributed by atoms with Gasteiger partial charge in [-0.1, -0.05) is 0 Å². The topological polar surface area (TPSA) is 48.5 Å². The van der Waals surface area contributed by atoms with Crippen LogP contribution in [0.4, 0.5) is 0 Å². The van der Waals surface area contributed by atoms with E-state index in [-0.39, 0.29) is 5.38 Å². The lowest BCUT2D eigenvalue weighted by molar-refractivity contribution is 0.766. The number of alkyl halides is 1. The zero-order valence-electron chi connectivity index (χ0n) is 10.4. The highest BCUT2D eigenvalue weighted by Gasteiger charge is 2.18. The van der Waals surface area contributed by atoms with Crippen LogP contribution in [0.2, 0.25) is 0 Å². The summed E-state index contributed by atoms with van der Waals surface area (Å²) < 4.78 is 4.57. The number of aromatic nitrogens is 5. The average Bonchev–Trinajstić information content (AvgIpc) is 2.91. The van der Waals surface area contributed by atoms with Crippen molar-refractivity contribution in [3.63, 3.8) is 0 Å². The molecule has 0 amide bonds. The summed E-state index contributed by atoms with van der Waals surface area (Å²) >= 11 is 9.63. The second kappa shape index (κ2) is 4.61. The SMILES string of the molecule is CC(Cl)c1nc2cc(Br)cnc2n1-c1cnn(C)c1. The van der Waals surface area contributed by atoms with Crippen LogP contribution in [-0.4, -0.2) is 24.3 Å². The summed E-state index contributed by atoms with van der Waals surface area (Å²) in [6.45, 7) is 1.89. The molecule has 3 aromatic heterocycles. The molecule has 0 N–H and O–H groups in total. The number of rotatable bonds is 2. The lowest BCUT2D eigenvalue weighted by Crippen LogP contribution is -2.01. The highest BCUT2D eigenvalue weighted by molar-refractivity contribution is 9.10. The zero-order valence-corrected chi connectivity index (χ0v) is 12.7. The number of aryl methyl sites for hydroxylation is 1. The predicted molar refractivity (Wildman–Crippen MR) is 77.6 cm³/mol. The maximum absolute atomic E-state index is 6.23. The summed E-state index contributed by atoms with van der Waals surface area (Å²) in [5, 5.41) is 3.97. The fraction of sp³-hybridized carbons (Fsp3) is 0.250. The summed E-state index contributed by atoms with van der Waals surface area (Å²) in [6, 6.07) is 1.93. The third-order valence-corrected chi connectivity index (χ3v) is 3.42. The van der Waals surface area contributed by atoms with E-state index in [1.807, 2.05) is 30.8 Å². The minimum Gasteiger partial charge on any atom is -0.276 e. The van der Waals surface area contributed by atoms with E-state index in [0.29, 0.717) is 0 Å². The molecule has 3 rings (SSSR count). The van der Waals surface area contributed by atoms with Gasteiger partial charge in [0, 0.05) is 23.9 Å². The van der Waals surface area contributed by atoms with Crippen LogP contribution in [-0.2, 0) is 7.05 Å². The van der Waals surface area contributed by atoms with Gasteiger partial charge in [-0.15, -0.1) is 11.6 Å². The van der Waals surface area contributed by atoms with Gasteiger partial charge >= 0.3 is 0 Å². The molecule has 0 aliphatic heterocycles. The third kappa shape index (κ3) is 2.15. The second-order valence-electron chi connectivity index (χ2n) is 4.29. The van der Waals surface area contributed by atoms with Crippen molar-refractivity contribution >= 4 is 38.7 Å². The maximum atomic E-state index is 6.23. The first-order chi connectivity index (χ1) is 9.06. The van der Waals surface area contributed by atoms with Gasteiger partial charge in [-0.2, -0.15) is 5.10 Å². The van der Waals surface area contributed by atoms with E-state index in [9.17, 15) is 0 Å². The molecular formula is C12H11BrClN5. The van der Waals surface area contributed by atoms with Crippen LogP contribution in [0.15, 0.2) is 29.1 Å². The van der Waals surface area contributed by atoms with Crippen molar-refractivity contribution in [2.45, 2.75) is 12.3 Å². The summed E-state index contributed by atoms with van der Waals surface area (Å²) in [5.41, 5.74) is 2.49. The minimum atomic E-state index is -0.215. The number of imidazole rings is 1. The Kier molecular flexibility index (Phi) is 3.06. The first kappa shape index (κ1) is 12.6. The number of fused-ring (bicyclic) bond motifs is 1. The van der Waals surface area contributed by atoms with Gasteiger partial charge in [-0.25, -0.2) is 9.97 Å². The quantitative estimate of drug-likeness (QED) is 0.673. The molecule has 3 heterocycles. The molecule has 0 radical (unpaired) electrons. The van der Waals surface area contributed by atoms with Crippen LogP contribution in [0.1, 0.15) is 18.1 Å². The highest BCUT2D eigenvalue weighted by Crippen LogP contribution is 2.28. The first-order valence-corrected chi connectivity index (χ1v) is 6.96. The van der Waals surface area contributed by atoms with E-state index >= 15 is 0 Å². The van der Waals surface area contributed by atoms with Crippen molar-refractivity contribution in [3.05, 3.63) is 35.0 Å². The van der Waals surface area contributed by atoms with Crippen molar-refractivity contribution in [3.8, 4) is 5.69 Å². The zero-order chi connectivity index (χ0) is 13.6. The first-order valence-electron chi connectivity index (χ1n) is 5.73. The standard InChI is InChI=1S/C12H11BrClN5/c1-7(14)11-17-10-3-8(13)4-15-12(10)19(11)9-5-16-18(2)6-9/h3-7H,1-2H3. The lowest BCUT2D eigenvalue weighted by atomic mass is 10.4. The third-order valence-electron chi connectivity index (χ3n) is 2.80. The molecule has 0 saturated carbocycles. The Morgan fingerprint density at radius 3 is 2.79 bits per heavy atom. The molecular weight excluding hydrogens is 330 g/mol. The van der Waals surface area contributed by atoms with Gasteiger partial charge < -0.3 is 0 Å². The van der Waals surface area contributed by atoms with Crippen molar-refractivity contribution in [2.24, 2.45) is 7.05 Å². The van der Waals surface area contributed by atoms with Crippen molar-refractivity contribution in [2.75, 3.05) is 0 Å². The Bertz CT molecular complexity index is 746. The average molecular weight is 341 g/mol. The molecule has 98 valence electrons. The Morgan fingerprint density at radius 2 is 2.16 bits per heavy atom. The van der Waals surface area contributed by atoms with Crippen molar-refractivity contribution < 1.29 is 0 Å². The van der Waals surface area contributed by atoms with E-state index in [4.69, 9.17) is 11.6 Å². The fourth-order valence-electron chi connectivity index (χ4n) is 2.00. The minimum absolute atomic E-state index is 0.215. The monoisotopic (exact) mass is 339 g/mol. The van der Waals surface area contributed by atoms with Gasteiger partial charge in [0.2, 0.25) is 0 Å². The summed E-state index contributed by atoms with van der Waals surface area (Å²) in [4.78, 5) is 8.99. The molecule has 7 heteroatoms. The van der Waals surface area contributed by atoms with Crippen LogP contribution >= 0.6 is 27.5 Å². The van der Waals surface area contributed by atoms with Gasteiger partial charge in [0.05, 0.1) is 17.3 Å². The van der Waals surface area contributed by atoms with E-state index in [0.717, 1.165) is 27.1 Å². The van der Waals surface area contributed by atoms with E-state index in [1.54, 1.807) is 17.1 Å². The molecule has 0 spiro atoms. The van der Waals surface area contributed by atoms with Gasteiger partial charge in [0.25, 0.3) is 0 Å². The number of nitrogens with zero attached hydrogens (tertiary/aromatic N) is 5. The molecule has 1 unspecified atom stereocenters. The van der Waals surface area contributed by atoms with Crippen LogP contribution in [0.3, 0.4) is 0 Å². The van der Waals surface area contributed by atoms with Gasteiger partial charge in [-0.3, -0.25) is 9.25 Å². The molecule has 0 bridgehead atoms. The molecule has 0 aromatic carbocycles. The van der Waals surface area contributed by atoms with Crippen LogP contribution in [0.25, 0.3) is 16.9 Å². The molecule has 5 nitrogen and oxygen atoms in total. The second-order valence-corrected chi connectivity index (χ2v) is 5.86. The molecule has 19 heavy (non-hydrogen) atoms. The maximum Gasteiger partial charge on any atom is 0.164 e. The lowest BCUT2D eigenvalue weighted by Gasteiger charge is -2.06. The van der Waals surface area contributed by atoms with Crippen LogP contribution < -0.4 is 0 Å². The molecule has 0 saturated heterocycles. The Balaban J connectivity index is 2.34. The van der Waals surface area contributed by atoms with Crippen LogP contribution in [0.5, 0.6) is 0 Å². The van der Waals surface area contributed by atoms with Crippen LogP contribution in [0, 0.1) is 0 Å². The number of pyridine rings is 1. The number of hydrogen-bond acceptors (Lipinski definition) is 3. The Hall–Kier alpha value is -1.40. The van der Waals surface area contributed by atoms with E-state index < -0.39 is 0 Å². The molecule has 0 fully saturated rings. The Labute approximate surface area is 123 Å². The largest absolute Gasteiger partial charge is 0.276 e. The Morgan fingerprint density at radius 1 is 1.37 bits per heavy atom. The number of hydrogen-bond donors (Lipinski definition) is 0. The highest BCUT2D eigenvalue weighted by atomic mass is 79.9. The smallest absolute Gasteiger partial charge is 0.164 e. The summed E-state index contributed by atoms with van der Waals surface area (Å²) in [6.07, 6.45) is 5.43. The van der Waals surface area contributed by atoms with E-state index in [1.165, 1.54) is 0 Å². The predicted octanol–water partition coefficient (Wildman–Crippen LogP) is 3.22. The van der Waals surface area contributed by atoms with Crippen molar-refractivity contribution in [1.82, 2.24) is 24.3 Å². The molecule has 3 aromatic rings. The van der Waals surface area contributed by atoms with Gasteiger partial charge in [-0.05, 0) is 28.9 Å². The summed E-state index contributed by atoms with van der Waals surface area (Å²) in [7, 11) is 1.87. The molecule has 1 atom stereocenters. The van der Waals surface area contributed by atoms with Gasteiger partial charge in [0.15, 0.2) is 5.65 Å². The molecule has 0 aliphatic carbocycles. The molecule has 0 aliphatic rings. The summed E-state index contributed by atoms with van der Waals surface area (Å²) in [5.74, 6) is 0.760. The van der Waals surface area contributed by atoms with E-state index in [2.05, 4.69) is 31.0 Å². The van der Waals surface area contributed by atoms with Gasteiger partial charge in [0.1, 0.15) is 11.3 Å².